The lowest BCUT2D eigenvalue weighted by Gasteiger charge is -2.55. The number of aliphatic hydroxyl groups excluding tert-OH is 1. The largest absolute Gasteiger partial charge is 0.481 e. The third-order valence-corrected chi connectivity index (χ3v) is 11.9. The summed E-state index contributed by atoms with van der Waals surface area (Å²) in [6.07, 6.45) is 3.15. The van der Waals surface area contributed by atoms with E-state index >= 15 is 0 Å². The lowest BCUT2D eigenvalue weighted by Crippen LogP contribution is -2.65. The second kappa shape index (κ2) is 12.4. The lowest BCUT2D eigenvalue weighted by molar-refractivity contribution is -0.207. The molecule has 1 aromatic rings. The van der Waals surface area contributed by atoms with Crippen LogP contribution >= 0.6 is 0 Å². The van der Waals surface area contributed by atoms with Crippen LogP contribution in [0, 0.1) is 17.3 Å². The first-order valence-electron chi connectivity index (χ1n) is 16.5. The third kappa shape index (κ3) is 5.44. The van der Waals surface area contributed by atoms with Gasteiger partial charge < -0.3 is 24.4 Å². The molecule has 4 saturated heterocycles. The van der Waals surface area contributed by atoms with Crippen LogP contribution in [-0.2, 0) is 33.4 Å². The van der Waals surface area contributed by atoms with Crippen molar-refractivity contribution < 1.29 is 43.6 Å². The van der Waals surface area contributed by atoms with Crippen LogP contribution in [0.4, 0.5) is 0 Å². The van der Waals surface area contributed by atoms with Crippen LogP contribution in [-0.4, -0.2) is 107 Å². The molecule has 5 aliphatic rings. The topological polar surface area (TPSA) is 143 Å². The highest BCUT2D eigenvalue weighted by Gasteiger charge is 2.71. The summed E-state index contributed by atoms with van der Waals surface area (Å²) in [6.45, 7) is 5.03. The van der Waals surface area contributed by atoms with Gasteiger partial charge in [0.2, 0.25) is 0 Å². The van der Waals surface area contributed by atoms with Crippen molar-refractivity contribution in [1.29, 1.82) is 0 Å². The quantitative estimate of drug-likeness (QED) is 0.247. The van der Waals surface area contributed by atoms with Crippen molar-refractivity contribution in [2.75, 3.05) is 14.1 Å². The van der Waals surface area contributed by atoms with Crippen LogP contribution < -0.4 is 0 Å². The number of hydrogen-bond donors (Lipinski definition) is 2. The van der Waals surface area contributed by atoms with Crippen LogP contribution in [0.25, 0.3) is 0 Å². The van der Waals surface area contributed by atoms with Crippen LogP contribution in [0.5, 0.6) is 0 Å². The molecule has 46 heavy (non-hydrogen) atoms. The van der Waals surface area contributed by atoms with Gasteiger partial charge in [0.15, 0.2) is 0 Å². The second-order valence-corrected chi connectivity index (χ2v) is 14.3. The zero-order valence-corrected chi connectivity index (χ0v) is 27.2. The predicted molar refractivity (Wildman–Crippen MR) is 165 cm³/mol. The van der Waals surface area contributed by atoms with Gasteiger partial charge in [-0.1, -0.05) is 36.4 Å². The molecule has 2 N–H and O–H groups in total. The van der Waals surface area contributed by atoms with E-state index in [-0.39, 0.29) is 36.2 Å². The average molecular weight is 639 g/mol. The molecule has 4 unspecified atom stereocenters. The Bertz CT molecular complexity index is 1400. The Morgan fingerprint density at radius 3 is 2.09 bits per heavy atom. The Morgan fingerprint density at radius 2 is 1.46 bits per heavy atom. The summed E-state index contributed by atoms with van der Waals surface area (Å²) in [4.78, 5) is 58.0. The van der Waals surface area contributed by atoms with Gasteiger partial charge in [-0.15, -0.1) is 0 Å². The monoisotopic (exact) mass is 638 g/mol. The zero-order chi connectivity index (χ0) is 33.1. The van der Waals surface area contributed by atoms with Crippen molar-refractivity contribution >= 4 is 23.9 Å². The second-order valence-electron chi connectivity index (χ2n) is 14.3. The average Bonchev–Trinajstić information content (AvgIpc) is 3.27. The zero-order valence-electron chi connectivity index (χ0n) is 27.2. The van der Waals surface area contributed by atoms with Crippen molar-refractivity contribution in [3.63, 3.8) is 0 Å². The van der Waals surface area contributed by atoms with E-state index in [4.69, 9.17) is 14.2 Å². The van der Waals surface area contributed by atoms with E-state index in [9.17, 15) is 29.4 Å². The number of carbonyl (C=O) groups is 4. The SMILES string of the molecule is C/C=C(/C)C(=O)O[C@@H]1CC2C[C@@H](OC(=O)[C@H]3[C@@H](c4ccccc4)[C@H](C(=O)O)[C@]3(C)C(=O)O[C@@H]3CC4C[C@@H](O)CC3N4C)CC1N2C. The first-order chi connectivity index (χ1) is 21.8. The van der Waals surface area contributed by atoms with Crippen LogP contribution in [0.2, 0.25) is 0 Å². The summed E-state index contributed by atoms with van der Waals surface area (Å²) in [7, 11) is 3.94. The Labute approximate surface area is 269 Å². The summed E-state index contributed by atoms with van der Waals surface area (Å²) in [5.41, 5.74) is -0.479. The number of piperidine rings is 2. The fourth-order valence-electron chi connectivity index (χ4n) is 9.10. The molecule has 11 heteroatoms. The first kappa shape index (κ1) is 32.7. The van der Waals surface area contributed by atoms with Crippen molar-refractivity contribution in [3.05, 3.63) is 47.5 Å². The van der Waals surface area contributed by atoms with Gasteiger partial charge in [0.1, 0.15) is 18.3 Å². The predicted octanol–water partition coefficient (Wildman–Crippen LogP) is 2.90. The number of aliphatic carboxylic acids is 1. The van der Waals surface area contributed by atoms with Crippen molar-refractivity contribution in [1.82, 2.24) is 9.80 Å². The van der Waals surface area contributed by atoms with Crippen molar-refractivity contribution in [2.45, 2.75) is 114 Å². The van der Waals surface area contributed by atoms with E-state index in [0.717, 1.165) is 0 Å². The first-order valence-corrected chi connectivity index (χ1v) is 16.5. The summed E-state index contributed by atoms with van der Waals surface area (Å²) >= 11 is 0. The summed E-state index contributed by atoms with van der Waals surface area (Å²) in [6, 6.07) is 8.76. The van der Waals surface area contributed by atoms with Crippen molar-refractivity contribution in [2.24, 2.45) is 17.3 Å². The van der Waals surface area contributed by atoms with Gasteiger partial charge in [-0.25, -0.2) is 4.79 Å². The smallest absolute Gasteiger partial charge is 0.333 e. The van der Waals surface area contributed by atoms with Gasteiger partial charge >= 0.3 is 23.9 Å². The number of likely N-dealkylation sites (N-methyl/N-ethyl adjacent to an activating group) is 2. The fourth-order valence-corrected chi connectivity index (χ4v) is 9.10. The molecule has 5 fully saturated rings. The molecule has 11 nitrogen and oxygen atoms in total. The third-order valence-electron chi connectivity index (χ3n) is 11.9. The number of esters is 3. The van der Waals surface area contributed by atoms with Crippen LogP contribution in [0.1, 0.15) is 70.8 Å². The molecule has 12 atom stereocenters. The molecule has 0 radical (unpaired) electrons. The van der Waals surface area contributed by atoms with Gasteiger partial charge in [-0.05, 0) is 53.3 Å². The molecular formula is C35H46N2O9. The number of allylic oxidation sites excluding steroid dienone is 1. The molecule has 1 aromatic carbocycles. The molecule has 0 aromatic heterocycles. The molecule has 1 aliphatic carbocycles. The Hall–Kier alpha value is -3.28. The molecule has 4 heterocycles. The number of rotatable bonds is 8. The number of hydrogen-bond acceptors (Lipinski definition) is 10. The standard InChI is InChI=1S/C35H46N2O9/c1-6-18(2)32(41)45-26-15-21-13-23(17-25(26)37(21)5)44-33(42)30-28(19-10-8-7-9-11-19)29(31(39)40)35(30,3)34(43)46-27-14-20-12-22(38)16-24(27)36(20)4/h6-11,20-30,38H,12-17H2,1-5H3,(H,39,40)/b18-6-/t20?,21?,22-,23-,24?,25?,26-,27-,28+,29-,30-,35+/m1/s1. The highest BCUT2D eigenvalue weighted by molar-refractivity contribution is 5.95. The number of aliphatic hydroxyl groups is 1. The van der Waals surface area contributed by atoms with E-state index in [2.05, 4.69) is 9.80 Å². The Balaban J connectivity index is 1.23. The normalized spacial score (nSPS) is 40.6. The molecule has 1 saturated carbocycles. The summed E-state index contributed by atoms with van der Waals surface area (Å²) in [5, 5.41) is 20.8. The molecule has 250 valence electrons. The minimum Gasteiger partial charge on any atom is -0.481 e. The highest BCUT2D eigenvalue weighted by Crippen LogP contribution is 2.62. The van der Waals surface area contributed by atoms with Crippen LogP contribution in [0.15, 0.2) is 42.0 Å². The summed E-state index contributed by atoms with van der Waals surface area (Å²) in [5.74, 6) is -5.92. The van der Waals surface area contributed by atoms with Gasteiger partial charge in [-0.2, -0.15) is 0 Å². The number of carboxylic acid groups (broad SMARTS) is 1. The van der Waals surface area contributed by atoms with Crippen molar-refractivity contribution in [3.8, 4) is 0 Å². The number of ether oxygens (including phenoxy) is 3. The highest BCUT2D eigenvalue weighted by atomic mass is 16.6. The number of benzene rings is 1. The number of fused-ring (bicyclic) bond motifs is 4. The van der Waals surface area contributed by atoms with Crippen LogP contribution in [0.3, 0.4) is 0 Å². The van der Waals surface area contributed by atoms with Gasteiger partial charge in [-0.3, -0.25) is 24.2 Å². The molecule has 0 amide bonds. The van der Waals surface area contributed by atoms with E-state index in [1.165, 1.54) is 6.92 Å². The maximum absolute atomic E-state index is 14.2. The Kier molecular flexibility index (Phi) is 8.80. The molecule has 0 spiro atoms. The number of carboxylic acids is 1. The minimum atomic E-state index is -1.66. The molecule has 4 aliphatic heterocycles. The maximum atomic E-state index is 14.2. The maximum Gasteiger partial charge on any atom is 0.333 e. The summed E-state index contributed by atoms with van der Waals surface area (Å²) < 4.78 is 18.1. The van der Waals surface area contributed by atoms with E-state index in [1.807, 2.05) is 20.2 Å². The molecular weight excluding hydrogens is 592 g/mol. The fraction of sp³-hybridized carbons (Fsp3) is 0.657. The minimum absolute atomic E-state index is 0.0451. The van der Waals surface area contributed by atoms with Gasteiger partial charge in [0.25, 0.3) is 0 Å². The number of carbonyl (C=O) groups excluding carboxylic acids is 3. The van der Waals surface area contributed by atoms with E-state index in [0.29, 0.717) is 49.7 Å². The van der Waals surface area contributed by atoms with Gasteiger partial charge in [0, 0.05) is 55.3 Å². The molecule has 4 bridgehead atoms. The Morgan fingerprint density at radius 1 is 0.848 bits per heavy atom. The van der Waals surface area contributed by atoms with E-state index < -0.39 is 59.4 Å². The lowest BCUT2D eigenvalue weighted by atomic mass is 9.45. The van der Waals surface area contributed by atoms with Gasteiger partial charge in [0.05, 0.1) is 29.4 Å². The molecule has 6 rings (SSSR count). The van der Waals surface area contributed by atoms with E-state index in [1.54, 1.807) is 44.2 Å². The number of nitrogens with zero attached hydrogens (tertiary/aromatic N) is 2.